The predicted molar refractivity (Wildman–Crippen MR) is 258 cm³/mol. The summed E-state index contributed by atoms with van der Waals surface area (Å²) in [5.41, 5.74) is 9.76. The molecule has 13 aromatic rings. The zero-order chi connectivity index (χ0) is 40.0. The second kappa shape index (κ2) is 13.2. The van der Waals surface area contributed by atoms with Crippen LogP contribution in [0.1, 0.15) is 0 Å². The predicted octanol–water partition coefficient (Wildman–Crippen LogP) is 15.5. The molecule has 0 N–H and O–H groups in total. The van der Waals surface area contributed by atoms with Gasteiger partial charge in [0.15, 0.2) is 0 Å². The molecular formula is C58H35N3. The van der Waals surface area contributed by atoms with Crippen molar-refractivity contribution >= 4 is 86.6 Å². The first kappa shape index (κ1) is 33.8. The fraction of sp³-hybridized carbons (Fsp3) is 0. The molecule has 0 aliphatic heterocycles. The van der Waals surface area contributed by atoms with Gasteiger partial charge in [0, 0.05) is 21.7 Å². The Morgan fingerprint density at radius 2 is 0.820 bits per heavy atom. The highest BCUT2D eigenvalue weighted by molar-refractivity contribution is 6.30. The lowest BCUT2D eigenvalue weighted by Gasteiger charge is -2.15. The smallest absolute Gasteiger partial charge is 0.235 e. The average Bonchev–Trinajstić information content (AvgIpc) is 3.66. The van der Waals surface area contributed by atoms with E-state index in [0.29, 0.717) is 5.95 Å². The standard InChI is InChI=1S/C58H35N3/c1-2-14-39-33-42(32-29-36(39)13-1)37-27-30-38(31-28-37)57-50-21-9-10-25-52(50)59-58(60-57)61-53-26-12-24-49(56(53)51-34-40-15-3-4-16-41(40)35-54(51)61)48-23-11-22-47-45-18-6-5-17-43(45)44-19-7-8-20-46(44)55(47)48/h1-35H. The Hall–Kier alpha value is -8.14. The first-order valence-electron chi connectivity index (χ1n) is 20.9. The lowest BCUT2D eigenvalue weighted by Crippen LogP contribution is -2.03. The largest absolute Gasteiger partial charge is 0.278 e. The van der Waals surface area contributed by atoms with Crippen LogP contribution in [0.3, 0.4) is 0 Å². The van der Waals surface area contributed by atoms with Crippen LogP contribution in [0.4, 0.5) is 0 Å². The third-order valence-electron chi connectivity index (χ3n) is 12.7. The molecule has 0 unspecified atom stereocenters. The second-order valence-corrected chi connectivity index (χ2v) is 16.1. The van der Waals surface area contributed by atoms with Crippen molar-refractivity contribution in [2.24, 2.45) is 0 Å². The summed E-state index contributed by atoms with van der Waals surface area (Å²) >= 11 is 0. The molecule has 0 fully saturated rings. The van der Waals surface area contributed by atoms with Crippen LogP contribution in [0.15, 0.2) is 212 Å². The summed E-state index contributed by atoms with van der Waals surface area (Å²) < 4.78 is 2.29. The molecule has 2 heterocycles. The number of benzene rings is 11. The van der Waals surface area contributed by atoms with Crippen molar-refractivity contribution in [1.82, 2.24) is 14.5 Å². The van der Waals surface area contributed by atoms with Crippen LogP contribution < -0.4 is 0 Å². The highest BCUT2D eigenvalue weighted by Crippen LogP contribution is 2.45. The number of aromatic nitrogens is 3. The number of para-hydroxylation sites is 1. The monoisotopic (exact) mass is 773 g/mol. The van der Waals surface area contributed by atoms with Crippen molar-refractivity contribution in [2.45, 2.75) is 0 Å². The Morgan fingerprint density at radius 3 is 1.56 bits per heavy atom. The molecule has 0 amide bonds. The number of hydrogen-bond acceptors (Lipinski definition) is 2. The van der Waals surface area contributed by atoms with E-state index >= 15 is 0 Å². The van der Waals surface area contributed by atoms with Gasteiger partial charge in [0.25, 0.3) is 0 Å². The Labute approximate surface area is 351 Å². The van der Waals surface area contributed by atoms with E-state index in [-0.39, 0.29) is 0 Å². The van der Waals surface area contributed by atoms with Gasteiger partial charge in [-0.3, -0.25) is 4.57 Å². The minimum atomic E-state index is 0.647. The summed E-state index contributed by atoms with van der Waals surface area (Å²) in [6.07, 6.45) is 0. The van der Waals surface area contributed by atoms with E-state index in [1.807, 2.05) is 0 Å². The first-order chi connectivity index (χ1) is 30.2. The van der Waals surface area contributed by atoms with Gasteiger partial charge in [0.05, 0.1) is 22.2 Å². The van der Waals surface area contributed by atoms with Crippen LogP contribution in [-0.2, 0) is 0 Å². The van der Waals surface area contributed by atoms with Gasteiger partial charge in [-0.15, -0.1) is 0 Å². The van der Waals surface area contributed by atoms with Crippen LogP contribution in [0.2, 0.25) is 0 Å². The Morgan fingerprint density at radius 1 is 0.295 bits per heavy atom. The zero-order valence-electron chi connectivity index (χ0n) is 33.0. The van der Waals surface area contributed by atoms with Gasteiger partial charge in [-0.2, -0.15) is 0 Å². The normalized spacial score (nSPS) is 11.9. The van der Waals surface area contributed by atoms with Crippen molar-refractivity contribution in [3.63, 3.8) is 0 Å². The zero-order valence-corrected chi connectivity index (χ0v) is 33.0. The number of rotatable bonds is 4. The van der Waals surface area contributed by atoms with Gasteiger partial charge >= 0.3 is 0 Å². The van der Waals surface area contributed by atoms with Crippen molar-refractivity contribution in [3.8, 4) is 39.5 Å². The lowest BCUT2D eigenvalue weighted by atomic mass is 9.88. The minimum Gasteiger partial charge on any atom is -0.278 e. The molecule has 0 atom stereocenters. The summed E-state index contributed by atoms with van der Waals surface area (Å²) in [5.74, 6) is 0.647. The highest BCUT2D eigenvalue weighted by Gasteiger charge is 2.22. The summed E-state index contributed by atoms with van der Waals surface area (Å²) in [6, 6.07) is 76.9. The minimum absolute atomic E-state index is 0.647. The topological polar surface area (TPSA) is 30.7 Å². The van der Waals surface area contributed by atoms with Gasteiger partial charge in [-0.25, -0.2) is 9.97 Å². The molecular weight excluding hydrogens is 739 g/mol. The number of fused-ring (bicyclic) bond motifs is 12. The molecule has 0 saturated carbocycles. The Bertz CT molecular complexity index is 3890. The maximum absolute atomic E-state index is 5.52. The number of hydrogen-bond donors (Lipinski definition) is 0. The molecule has 3 nitrogen and oxygen atoms in total. The van der Waals surface area contributed by atoms with E-state index in [0.717, 1.165) is 33.2 Å². The maximum atomic E-state index is 5.52. The summed E-state index contributed by atoms with van der Waals surface area (Å²) in [4.78, 5) is 10.9. The molecule has 0 bridgehead atoms. The second-order valence-electron chi connectivity index (χ2n) is 16.1. The van der Waals surface area contributed by atoms with Crippen LogP contribution in [0.25, 0.3) is 126 Å². The third kappa shape index (κ3) is 5.17. The fourth-order valence-corrected chi connectivity index (χ4v) is 9.95. The van der Waals surface area contributed by atoms with Gasteiger partial charge in [-0.05, 0) is 106 Å². The Kier molecular flexibility index (Phi) is 7.31. The molecule has 282 valence electrons. The molecule has 13 rings (SSSR count). The van der Waals surface area contributed by atoms with Crippen molar-refractivity contribution in [2.75, 3.05) is 0 Å². The van der Waals surface area contributed by atoms with Gasteiger partial charge in [-0.1, -0.05) is 182 Å². The van der Waals surface area contributed by atoms with Crippen LogP contribution >= 0.6 is 0 Å². The van der Waals surface area contributed by atoms with E-state index in [2.05, 4.69) is 217 Å². The molecule has 61 heavy (non-hydrogen) atoms. The quantitative estimate of drug-likeness (QED) is 0.167. The molecule has 0 spiro atoms. The Balaban J connectivity index is 1.07. The SMILES string of the molecule is c1ccc2cc(-c3ccc(-c4nc(-n5c6cc7ccccc7cc6c6c(-c7cccc8c9ccccc9c9ccccc9c78)cccc65)nc5ccccc45)cc3)ccc2c1. The maximum Gasteiger partial charge on any atom is 0.235 e. The fourth-order valence-electron chi connectivity index (χ4n) is 9.95. The molecule has 0 aliphatic carbocycles. The van der Waals surface area contributed by atoms with E-state index in [1.165, 1.54) is 86.9 Å². The first-order valence-corrected chi connectivity index (χ1v) is 20.9. The van der Waals surface area contributed by atoms with Crippen LogP contribution in [0.5, 0.6) is 0 Å². The third-order valence-corrected chi connectivity index (χ3v) is 12.7. The summed E-state index contributed by atoms with van der Waals surface area (Å²) in [5, 5.41) is 15.8. The van der Waals surface area contributed by atoms with E-state index in [1.54, 1.807) is 0 Å². The average molecular weight is 774 g/mol. The highest BCUT2D eigenvalue weighted by atomic mass is 15.2. The molecule has 0 saturated heterocycles. The van der Waals surface area contributed by atoms with Crippen LogP contribution in [-0.4, -0.2) is 14.5 Å². The van der Waals surface area contributed by atoms with Crippen molar-refractivity contribution in [3.05, 3.63) is 212 Å². The van der Waals surface area contributed by atoms with E-state index in [4.69, 9.17) is 9.97 Å². The summed E-state index contributed by atoms with van der Waals surface area (Å²) in [6.45, 7) is 0. The van der Waals surface area contributed by atoms with Gasteiger partial charge < -0.3 is 0 Å². The van der Waals surface area contributed by atoms with Crippen LogP contribution in [0, 0.1) is 0 Å². The van der Waals surface area contributed by atoms with Gasteiger partial charge in [0.2, 0.25) is 5.95 Å². The molecule has 11 aromatic carbocycles. The number of nitrogens with zero attached hydrogens (tertiary/aromatic N) is 3. The van der Waals surface area contributed by atoms with Crippen molar-refractivity contribution in [1.29, 1.82) is 0 Å². The van der Waals surface area contributed by atoms with Crippen molar-refractivity contribution < 1.29 is 0 Å². The molecule has 3 heteroatoms. The molecule has 0 radical (unpaired) electrons. The van der Waals surface area contributed by atoms with E-state index < -0.39 is 0 Å². The molecule has 0 aliphatic rings. The molecule has 2 aromatic heterocycles. The van der Waals surface area contributed by atoms with E-state index in [9.17, 15) is 0 Å². The summed E-state index contributed by atoms with van der Waals surface area (Å²) in [7, 11) is 0. The van der Waals surface area contributed by atoms with Gasteiger partial charge in [0.1, 0.15) is 0 Å². The lowest BCUT2D eigenvalue weighted by molar-refractivity contribution is 1.01.